The van der Waals surface area contributed by atoms with Crippen molar-refractivity contribution in [3.63, 3.8) is 0 Å². The number of nitrogens with zero attached hydrogens (tertiary/aromatic N) is 4. The molecule has 0 radical (unpaired) electrons. The Balaban J connectivity index is 0.000000155. The quantitative estimate of drug-likeness (QED) is 0.185. The standard InChI is InChI=1S/2C13H13NO.2C12H11NO.C5H5NO/c1-10-8-9-11(2)14(13(10)15)12-6-4-3-5-7-12;1-2-11-7-6-10-14(13(11)15)12-8-4-3-5-9-12;1-10-6-5-9-13(12(10)14)11-7-3-2-4-8-11;1-10-6-5-9-12(14)13(10)11-7-3-2-4-8-11;7-5-3-1-2-4-6-5/h3-9H,1-2H3;3-10H,2H2,1H3;2*2-9H,1H3;1-4H,(H,6,7). The van der Waals surface area contributed by atoms with Crippen molar-refractivity contribution in [3.05, 3.63) is 293 Å². The molecule has 5 aromatic heterocycles. The lowest BCUT2D eigenvalue weighted by molar-refractivity contribution is 0.919. The minimum Gasteiger partial charge on any atom is -0.329 e. The van der Waals surface area contributed by atoms with E-state index in [2.05, 4.69) is 4.98 Å². The summed E-state index contributed by atoms with van der Waals surface area (Å²) >= 11 is 0. The summed E-state index contributed by atoms with van der Waals surface area (Å²) in [6.07, 6.45) is 5.95. The number of rotatable bonds is 5. The van der Waals surface area contributed by atoms with E-state index < -0.39 is 0 Å². The number of para-hydroxylation sites is 4. The summed E-state index contributed by atoms with van der Waals surface area (Å²) in [6, 6.07) is 60.1. The second kappa shape index (κ2) is 24.3. The van der Waals surface area contributed by atoms with Gasteiger partial charge in [-0.2, -0.15) is 0 Å². The number of nitrogens with one attached hydrogen (secondary N) is 1. The zero-order chi connectivity index (χ0) is 46.6. The van der Waals surface area contributed by atoms with E-state index in [0.717, 1.165) is 57.2 Å². The molecule has 0 atom stereocenters. The summed E-state index contributed by atoms with van der Waals surface area (Å²) in [5, 5.41) is 0. The first-order valence-corrected chi connectivity index (χ1v) is 21.1. The molecule has 1 N–H and O–H groups in total. The van der Waals surface area contributed by atoms with Gasteiger partial charge >= 0.3 is 0 Å². The molecule has 4 aromatic carbocycles. The fraction of sp³-hybridized carbons (Fsp3) is 0.109. The van der Waals surface area contributed by atoms with Gasteiger partial charge in [0.15, 0.2) is 0 Å². The zero-order valence-electron chi connectivity index (χ0n) is 37.2. The molecular weight excluding hydrogens is 811 g/mol. The molecule has 0 fully saturated rings. The number of hydrogen-bond donors (Lipinski definition) is 1. The average molecular weight is 864 g/mol. The van der Waals surface area contributed by atoms with Gasteiger partial charge in [0.1, 0.15) is 0 Å². The summed E-state index contributed by atoms with van der Waals surface area (Å²) in [5.41, 5.74) is 8.06. The van der Waals surface area contributed by atoms with Crippen molar-refractivity contribution >= 4 is 0 Å². The fourth-order valence-electron chi connectivity index (χ4n) is 6.50. The van der Waals surface area contributed by atoms with E-state index in [0.29, 0.717) is 0 Å². The molecule has 0 saturated heterocycles. The molecule has 0 bridgehead atoms. The maximum atomic E-state index is 12.0. The molecule has 0 aliphatic rings. The van der Waals surface area contributed by atoms with E-state index in [1.165, 1.54) is 6.07 Å². The topological polar surface area (TPSA) is 121 Å². The van der Waals surface area contributed by atoms with Crippen LogP contribution in [0.3, 0.4) is 0 Å². The monoisotopic (exact) mass is 863 g/mol. The lowest BCUT2D eigenvalue weighted by Gasteiger charge is -2.10. The molecule has 0 saturated carbocycles. The number of H-pyrrole nitrogens is 1. The Hall–Kier alpha value is -8.37. The van der Waals surface area contributed by atoms with Gasteiger partial charge in [-0.1, -0.05) is 110 Å². The molecule has 9 rings (SSSR count). The molecule has 328 valence electrons. The maximum Gasteiger partial charge on any atom is 0.258 e. The van der Waals surface area contributed by atoms with Crippen LogP contribution in [0.2, 0.25) is 0 Å². The Morgan fingerprint density at radius 3 is 1.32 bits per heavy atom. The predicted octanol–water partition coefficient (Wildman–Crippen LogP) is 9.52. The first-order valence-electron chi connectivity index (χ1n) is 21.1. The number of aromatic amines is 1. The Labute approximate surface area is 378 Å². The number of hydrogen-bond acceptors (Lipinski definition) is 5. The Kier molecular flexibility index (Phi) is 17.8. The van der Waals surface area contributed by atoms with E-state index in [1.807, 2.05) is 198 Å². The third-order valence-corrected chi connectivity index (χ3v) is 9.94. The largest absolute Gasteiger partial charge is 0.329 e. The van der Waals surface area contributed by atoms with Crippen molar-refractivity contribution in [1.29, 1.82) is 0 Å². The summed E-state index contributed by atoms with van der Waals surface area (Å²) < 4.78 is 6.75. The maximum absolute atomic E-state index is 12.0. The molecule has 10 heteroatoms. The second-order valence-electron chi connectivity index (χ2n) is 14.6. The Morgan fingerprint density at radius 2 is 0.846 bits per heavy atom. The third-order valence-electron chi connectivity index (χ3n) is 9.94. The summed E-state index contributed by atoms with van der Waals surface area (Å²) in [6.45, 7) is 9.51. The van der Waals surface area contributed by atoms with E-state index >= 15 is 0 Å². The molecule has 0 amide bonds. The number of benzene rings is 4. The second-order valence-corrected chi connectivity index (χ2v) is 14.6. The lowest BCUT2D eigenvalue weighted by atomic mass is 10.2. The number of aryl methyl sites for hydroxylation is 5. The van der Waals surface area contributed by atoms with Gasteiger partial charge in [-0.25, -0.2) is 0 Å². The molecule has 0 spiro atoms. The van der Waals surface area contributed by atoms with E-state index in [1.54, 1.807) is 61.1 Å². The normalized spacial score (nSPS) is 9.98. The van der Waals surface area contributed by atoms with Crippen molar-refractivity contribution in [3.8, 4) is 22.7 Å². The highest BCUT2D eigenvalue weighted by Crippen LogP contribution is 2.09. The van der Waals surface area contributed by atoms with Crippen molar-refractivity contribution in [2.24, 2.45) is 0 Å². The minimum absolute atomic E-state index is 0.0104. The van der Waals surface area contributed by atoms with Crippen molar-refractivity contribution in [2.45, 2.75) is 41.0 Å². The lowest BCUT2D eigenvalue weighted by Crippen LogP contribution is -2.22. The highest BCUT2D eigenvalue weighted by molar-refractivity contribution is 5.37. The molecule has 0 aliphatic carbocycles. The van der Waals surface area contributed by atoms with Crippen LogP contribution in [0.25, 0.3) is 22.7 Å². The van der Waals surface area contributed by atoms with Crippen LogP contribution in [0, 0.1) is 27.7 Å². The van der Waals surface area contributed by atoms with Crippen LogP contribution in [-0.2, 0) is 6.42 Å². The predicted molar refractivity (Wildman–Crippen MR) is 264 cm³/mol. The van der Waals surface area contributed by atoms with Crippen LogP contribution in [0.4, 0.5) is 0 Å². The summed E-state index contributed by atoms with van der Waals surface area (Å²) in [7, 11) is 0. The molecule has 65 heavy (non-hydrogen) atoms. The highest BCUT2D eigenvalue weighted by atomic mass is 16.1. The van der Waals surface area contributed by atoms with Crippen LogP contribution in [0.15, 0.2) is 237 Å². The van der Waals surface area contributed by atoms with Gasteiger partial charge in [0.2, 0.25) is 5.56 Å². The van der Waals surface area contributed by atoms with Gasteiger partial charge in [0.05, 0.1) is 0 Å². The number of pyridine rings is 5. The highest BCUT2D eigenvalue weighted by Gasteiger charge is 2.05. The molecule has 5 heterocycles. The van der Waals surface area contributed by atoms with Crippen LogP contribution in [0.1, 0.15) is 35.0 Å². The van der Waals surface area contributed by atoms with Crippen molar-refractivity contribution < 1.29 is 0 Å². The van der Waals surface area contributed by atoms with Crippen molar-refractivity contribution in [2.75, 3.05) is 0 Å². The van der Waals surface area contributed by atoms with Gasteiger partial charge in [0, 0.05) is 81.6 Å². The smallest absolute Gasteiger partial charge is 0.258 e. The molecule has 0 unspecified atom stereocenters. The minimum atomic E-state index is -0.0532. The van der Waals surface area contributed by atoms with Crippen LogP contribution in [0.5, 0.6) is 0 Å². The molecule has 10 nitrogen and oxygen atoms in total. The SMILES string of the molecule is CCc1cccn(-c2ccccc2)c1=O.Cc1ccc(C)n(-c2ccccc2)c1=O.Cc1cccc(=O)n1-c1ccccc1.Cc1cccn(-c2ccccc2)c1=O.O=c1cccc[nH]1. The van der Waals surface area contributed by atoms with E-state index in [9.17, 15) is 24.0 Å². The van der Waals surface area contributed by atoms with Crippen LogP contribution in [-0.4, -0.2) is 23.3 Å². The number of aromatic nitrogens is 5. The third kappa shape index (κ3) is 13.6. The van der Waals surface area contributed by atoms with Gasteiger partial charge < -0.3 is 4.98 Å². The van der Waals surface area contributed by atoms with Gasteiger partial charge in [-0.05, 0) is 113 Å². The Morgan fingerprint density at radius 1 is 0.385 bits per heavy atom. The summed E-state index contributed by atoms with van der Waals surface area (Å²) in [4.78, 5) is 59.9. The van der Waals surface area contributed by atoms with E-state index in [-0.39, 0.29) is 27.8 Å². The summed E-state index contributed by atoms with van der Waals surface area (Å²) in [5.74, 6) is 0. The molecule has 0 aliphatic heterocycles. The van der Waals surface area contributed by atoms with Gasteiger partial charge in [0.25, 0.3) is 22.2 Å². The van der Waals surface area contributed by atoms with E-state index in [4.69, 9.17) is 0 Å². The molecule has 9 aromatic rings. The average Bonchev–Trinajstić information content (AvgIpc) is 3.34. The first-order chi connectivity index (χ1) is 31.5. The Bertz CT molecular complexity index is 3160. The zero-order valence-corrected chi connectivity index (χ0v) is 37.2. The fourth-order valence-corrected chi connectivity index (χ4v) is 6.50. The van der Waals surface area contributed by atoms with Gasteiger partial charge in [-0.15, -0.1) is 0 Å². The van der Waals surface area contributed by atoms with Gasteiger partial charge in [-0.3, -0.25) is 42.2 Å². The first kappa shape index (κ1) is 47.7. The van der Waals surface area contributed by atoms with Crippen molar-refractivity contribution in [1.82, 2.24) is 23.3 Å². The molecular formula is C55H53N5O5. The van der Waals surface area contributed by atoms with Crippen LogP contribution < -0.4 is 27.8 Å². The van der Waals surface area contributed by atoms with Crippen LogP contribution >= 0.6 is 0 Å².